The van der Waals surface area contributed by atoms with Gasteiger partial charge >= 0.3 is 0 Å². The Morgan fingerprint density at radius 1 is 1.40 bits per heavy atom. The zero-order valence-electron chi connectivity index (χ0n) is 13.4. The topological polar surface area (TPSA) is 41.1 Å². The quantitative estimate of drug-likeness (QED) is 0.840. The van der Waals surface area contributed by atoms with Crippen LogP contribution in [0.25, 0.3) is 0 Å². The lowest BCUT2D eigenvalue weighted by atomic mass is 9.84. The van der Waals surface area contributed by atoms with Crippen LogP contribution in [-0.2, 0) is 6.54 Å². The highest BCUT2D eigenvalue weighted by Crippen LogP contribution is 2.30. The van der Waals surface area contributed by atoms with Crippen LogP contribution in [0.3, 0.4) is 0 Å². The van der Waals surface area contributed by atoms with Gasteiger partial charge in [0.2, 0.25) is 5.95 Å². The number of hydrogen-bond acceptors (Lipinski definition) is 4. The lowest BCUT2D eigenvalue weighted by Crippen LogP contribution is -2.41. The van der Waals surface area contributed by atoms with Crippen LogP contribution >= 0.6 is 0 Å². The van der Waals surface area contributed by atoms with Gasteiger partial charge in [-0.2, -0.15) is 0 Å². The zero-order chi connectivity index (χ0) is 14.6. The average molecular weight is 276 g/mol. The van der Waals surface area contributed by atoms with Crippen molar-refractivity contribution >= 4 is 5.95 Å². The fourth-order valence-electron chi connectivity index (χ4n) is 2.80. The van der Waals surface area contributed by atoms with Crippen molar-refractivity contribution in [3.8, 4) is 0 Å². The van der Waals surface area contributed by atoms with Crippen LogP contribution in [-0.4, -0.2) is 29.6 Å². The number of nitrogens with zero attached hydrogens (tertiary/aromatic N) is 3. The van der Waals surface area contributed by atoms with E-state index in [0.717, 1.165) is 44.2 Å². The van der Waals surface area contributed by atoms with Crippen LogP contribution < -0.4 is 10.2 Å². The Balaban J connectivity index is 2.04. The van der Waals surface area contributed by atoms with Crippen LogP contribution in [0.4, 0.5) is 5.95 Å². The first kappa shape index (κ1) is 15.2. The molecule has 0 aliphatic carbocycles. The van der Waals surface area contributed by atoms with Gasteiger partial charge in [-0.25, -0.2) is 9.97 Å². The third-order valence-electron chi connectivity index (χ3n) is 3.99. The van der Waals surface area contributed by atoms with Crippen molar-refractivity contribution in [3.63, 3.8) is 0 Å². The van der Waals surface area contributed by atoms with E-state index in [9.17, 15) is 0 Å². The summed E-state index contributed by atoms with van der Waals surface area (Å²) in [7, 11) is 0. The summed E-state index contributed by atoms with van der Waals surface area (Å²) in [5.41, 5.74) is 2.68. The summed E-state index contributed by atoms with van der Waals surface area (Å²) in [6, 6.07) is 0. The van der Waals surface area contributed by atoms with Crippen molar-refractivity contribution in [2.75, 3.05) is 24.5 Å². The van der Waals surface area contributed by atoms with E-state index in [1.807, 2.05) is 6.20 Å². The summed E-state index contributed by atoms with van der Waals surface area (Å²) in [4.78, 5) is 11.6. The molecule has 4 nitrogen and oxygen atoms in total. The Bertz CT molecular complexity index is 442. The van der Waals surface area contributed by atoms with Crippen LogP contribution in [0.1, 0.15) is 51.3 Å². The molecule has 1 aromatic heterocycles. The number of piperidine rings is 1. The molecule has 4 heteroatoms. The molecule has 1 aliphatic rings. The molecule has 0 amide bonds. The van der Waals surface area contributed by atoms with E-state index in [1.54, 1.807) is 0 Å². The van der Waals surface area contributed by atoms with Gasteiger partial charge in [-0.1, -0.05) is 20.8 Å². The molecule has 112 valence electrons. The van der Waals surface area contributed by atoms with Crippen molar-refractivity contribution in [1.29, 1.82) is 0 Å². The molecule has 2 heterocycles. The average Bonchev–Trinajstić information content (AvgIpc) is 2.39. The minimum atomic E-state index is 0.372. The molecule has 0 bridgehead atoms. The predicted octanol–water partition coefficient (Wildman–Crippen LogP) is 2.91. The van der Waals surface area contributed by atoms with E-state index in [4.69, 9.17) is 4.98 Å². The van der Waals surface area contributed by atoms with Gasteiger partial charge in [-0.3, -0.25) is 0 Å². The maximum absolute atomic E-state index is 4.72. The van der Waals surface area contributed by atoms with Gasteiger partial charge in [0.15, 0.2) is 0 Å². The predicted molar refractivity (Wildman–Crippen MR) is 84.0 cm³/mol. The van der Waals surface area contributed by atoms with Crippen LogP contribution in [0.5, 0.6) is 0 Å². The number of rotatable bonds is 5. The summed E-state index contributed by atoms with van der Waals surface area (Å²) in [6.07, 6.45) is 5.67. The van der Waals surface area contributed by atoms with E-state index < -0.39 is 0 Å². The monoisotopic (exact) mass is 276 g/mol. The summed E-state index contributed by atoms with van der Waals surface area (Å²) in [5.74, 6) is 0.898. The second kappa shape index (κ2) is 6.53. The molecular formula is C16H28N4. The zero-order valence-corrected chi connectivity index (χ0v) is 13.4. The van der Waals surface area contributed by atoms with Crippen molar-refractivity contribution in [1.82, 2.24) is 15.3 Å². The standard InChI is InChI=1S/C16H28N4/c1-5-8-17-10-14-11-18-15(19-13(14)2)20-9-6-7-16(3,4)12-20/h11,17H,5-10,12H2,1-4H3. The van der Waals surface area contributed by atoms with E-state index in [1.165, 1.54) is 18.4 Å². The maximum Gasteiger partial charge on any atom is 0.225 e. The van der Waals surface area contributed by atoms with Crippen LogP contribution in [0, 0.1) is 12.3 Å². The Kier molecular flexibility index (Phi) is 4.97. The lowest BCUT2D eigenvalue weighted by molar-refractivity contribution is 0.291. The van der Waals surface area contributed by atoms with Crippen molar-refractivity contribution in [2.24, 2.45) is 5.41 Å². The van der Waals surface area contributed by atoms with Crippen molar-refractivity contribution in [3.05, 3.63) is 17.5 Å². The summed E-state index contributed by atoms with van der Waals surface area (Å²) >= 11 is 0. The largest absolute Gasteiger partial charge is 0.340 e. The Hall–Kier alpha value is -1.16. The molecule has 2 rings (SSSR count). The molecule has 0 atom stereocenters. The number of anilines is 1. The fraction of sp³-hybridized carbons (Fsp3) is 0.750. The van der Waals surface area contributed by atoms with Gasteiger partial charge in [-0.15, -0.1) is 0 Å². The molecule has 1 aliphatic heterocycles. The van der Waals surface area contributed by atoms with Gasteiger partial charge < -0.3 is 10.2 Å². The van der Waals surface area contributed by atoms with E-state index in [-0.39, 0.29) is 0 Å². The highest BCUT2D eigenvalue weighted by Gasteiger charge is 2.27. The third kappa shape index (κ3) is 3.92. The van der Waals surface area contributed by atoms with Gasteiger partial charge in [0.05, 0.1) is 0 Å². The SMILES string of the molecule is CCCNCc1cnc(N2CCCC(C)(C)C2)nc1C. The Morgan fingerprint density at radius 3 is 2.85 bits per heavy atom. The molecule has 1 aromatic rings. The first-order valence-electron chi connectivity index (χ1n) is 7.80. The molecule has 0 spiro atoms. The Morgan fingerprint density at radius 2 is 2.20 bits per heavy atom. The molecule has 0 aromatic carbocycles. The number of aryl methyl sites for hydroxylation is 1. The highest BCUT2D eigenvalue weighted by atomic mass is 15.3. The first-order chi connectivity index (χ1) is 9.52. The fourth-order valence-corrected chi connectivity index (χ4v) is 2.80. The second-order valence-corrected chi connectivity index (χ2v) is 6.65. The first-order valence-corrected chi connectivity index (χ1v) is 7.80. The number of nitrogens with one attached hydrogen (secondary N) is 1. The minimum absolute atomic E-state index is 0.372. The van der Waals surface area contributed by atoms with E-state index in [0.29, 0.717) is 5.41 Å². The second-order valence-electron chi connectivity index (χ2n) is 6.65. The van der Waals surface area contributed by atoms with Gasteiger partial charge in [0.1, 0.15) is 0 Å². The molecule has 1 N–H and O–H groups in total. The number of aromatic nitrogens is 2. The van der Waals surface area contributed by atoms with Gasteiger partial charge in [0, 0.05) is 37.1 Å². The van der Waals surface area contributed by atoms with Crippen molar-refractivity contribution < 1.29 is 0 Å². The third-order valence-corrected chi connectivity index (χ3v) is 3.99. The molecule has 1 saturated heterocycles. The molecular weight excluding hydrogens is 248 g/mol. The van der Waals surface area contributed by atoms with E-state index >= 15 is 0 Å². The van der Waals surface area contributed by atoms with Crippen molar-refractivity contribution in [2.45, 2.75) is 53.5 Å². The maximum atomic E-state index is 4.72. The minimum Gasteiger partial charge on any atom is -0.340 e. The van der Waals surface area contributed by atoms with Gasteiger partial charge in [-0.05, 0) is 38.1 Å². The summed E-state index contributed by atoms with van der Waals surface area (Å²) in [6.45, 7) is 13.0. The molecule has 0 saturated carbocycles. The van der Waals surface area contributed by atoms with Crippen LogP contribution in [0.2, 0.25) is 0 Å². The summed E-state index contributed by atoms with van der Waals surface area (Å²) in [5, 5.41) is 3.41. The molecule has 0 unspecified atom stereocenters. The molecule has 1 fully saturated rings. The Labute approximate surface area is 123 Å². The van der Waals surface area contributed by atoms with E-state index in [2.05, 4.69) is 42.9 Å². The molecule has 20 heavy (non-hydrogen) atoms. The summed E-state index contributed by atoms with van der Waals surface area (Å²) < 4.78 is 0. The van der Waals surface area contributed by atoms with Gasteiger partial charge in [0.25, 0.3) is 0 Å². The van der Waals surface area contributed by atoms with Crippen LogP contribution in [0.15, 0.2) is 6.20 Å². The highest BCUT2D eigenvalue weighted by molar-refractivity contribution is 5.34. The smallest absolute Gasteiger partial charge is 0.225 e. The lowest BCUT2D eigenvalue weighted by Gasteiger charge is -2.38. The normalized spacial score (nSPS) is 18.3. The number of hydrogen-bond donors (Lipinski definition) is 1. The molecule has 0 radical (unpaired) electrons.